The lowest BCUT2D eigenvalue weighted by Crippen LogP contribution is -2.74. The average Bonchev–Trinajstić information content (AvgIpc) is 3.37. The quantitative estimate of drug-likeness (QED) is 0.653. The van der Waals surface area contributed by atoms with E-state index in [4.69, 9.17) is 14.2 Å². The monoisotopic (exact) mass is 376 g/mol. The Morgan fingerprint density at radius 3 is 2.48 bits per heavy atom. The number of rotatable bonds is 0. The third-order valence-electron chi connectivity index (χ3n) is 8.41. The molecule has 27 heavy (non-hydrogen) atoms. The SMILES string of the molecule is CC1CC(=O)C2=C(O1)OC1(C)CCC3(O)C(C)(C)C4OC4C(=O)C3(C)C1C2. The summed E-state index contributed by atoms with van der Waals surface area (Å²) in [6.07, 6.45) is 0.876. The summed E-state index contributed by atoms with van der Waals surface area (Å²) >= 11 is 0. The van der Waals surface area contributed by atoms with Crippen molar-refractivity contribution in [3.8, 4) is 0 Å². The van der Waals surface area contributed by atoms with E-state index in [1.165, 1.54) is 0 Å². The van der Waals surface area contributed by atoms with Crippen LogP contribution in [0.5, 0.6) is 0 Å². The van der Waals surface area contributed by atoms with Crippen LogP contribution < -0.4 is 0 Å². The Morgan fingerprint density at radius 1 is 1.07 bits per heavy atom. The summed E-state index contributed by atoms with van der Waals surface area (Å²) in [5, 5.41) is 11.9. The molecule has 0 amide bonds. The summed E-state index contributed by atoms with van der Waals surface area (Å²) in [4.78, 5) is 26.1. The normalized spacial score (nSPS) is 52.7. The predicted octanol–water partition coefficient (Wildman–Crippen LogP) is 2.28. The molecule has 1 N–H and O–H groups in total. The number of allylic oxidation sites excluding steroid dienone is 1. The number of fused-ring (bicyclic) bond motifs is 4. The lowest BCUT2D eigenvalue weighted by molar-refractivity contribution is -0.264. The van der Waals surface area contributed by atoms with Gasteiger partial charge in [0.1, 0.15) is 17.8 Å². The van der Waals surface area contributed by atoms with Gasteiger partial charge in [0, 0.05) is 17.8 Å². The fraction of sp³-hybridized carbons (Fsp3) is 0.810. The van der Waals surface area contributed by atoms with E-state index in [-0.39, 0.29) is 29.7 Å². The van der Waals surface area contributed by atoms with E-state index in [0.29, 0.717) is 37.2 Å². The highest BCUT2D eigenvalue weighted by Gasteiger charge is 2.80. The van der Waals surface area contributed by atoms with Crippen molar-refractivity contribution in [2.24, 2.45) is 16.7 Å². The molecule has 0 spiro atoms. The van der Waals surface area contributed by atoms with Crippen LogP contribution in [0.3, 0.4) is 0 Å². The van der Waals surface area contributed by atoms with Crippen molar-refractivity contribution in [3.63, 3.8) is 0 Å². The molecule has 2 saturated carbocycles. The third-order valence-corrected chi connectivity index (χ3v) is 8.41. The summed E-state index contributed by atoms with van der Waals surface area (Å²) in [7, 11) is 0. The molecule has 0 aromatic carbocycles. The zero-order valence-electron chi connectivity index (χ0n) is 16.6. The van der Waals surface area contributed by atoms with Gasteiger partial charge in [-0.05, 0) is 40.0 Å². The number of hydrogen-bond acceptors (Lipinski definition) is 6. The van der Waals surface area contributed by atoms with Gasteiger partial charge in [-0.2, -0.15) is 0 Å². The van der Waals surface area contributed by atoms with Crippen LogP contribution in [0.25, 0.3) is 0 Å². The first-order valence-electron chi connectivity index (χ1n) is 10.00. The topological polar surface area (TPSA) is 85.4 Å². The van der Waals surface area contributed by atoms with E-state index < -0.39 is 28.1 Å². The van der Waals surface area contributed by atoms with Gasteiger partial charge in [0.05, 0.1) is 22.7 Å². The van der Waals surface area contributed by atoms with Crippen LogP contribution in [-0.4, -0.2) is 46.2 Å². The lowest BCUT2D eigenvalue weighted by atomic mass is 9.41. The van der Waals surface area contributed by atoms with Gasteiger partial charge in [0.15, 0.2) is 11.6 Å². The van der Waals surface area contributed by atoms with E-state index in [9.17, 15) is 14.7 Å². The van der Waals surface area contributed by atoms with Crippen molar-refractivity contribution in [2.45, 2.75) is 89.8 Å². The maximum atomic E-state index is 13.4. The van der Waals surface area contributed by atoms with Gasteiger partial charge in [-0.15, -0.1) is 0 Å². The number of aliphatic hydroxyl groups is 1. The van der Waals surface area contributed by atoms with Gasteiger partial charge >= 0.3 is 0 Å². The van der Waals surface area contributed by atoms with Crippen molar-refractivity contribution < 1.29 is 28.9 Å². The Labute approximate surface area is 159 Å². The summed E-state index contributed by atoms with van der Waals surface area (Å²) in [5.74, 6) is -0.00277. The molecule has 6 heteroatoms. The van der Waals surface area contributed by atoms with Gasteiger partial charge < -0.3 is 19.3 Å². The fourth-order valence-electron chi connectivity index (χ4n) is 6.55. The van der Waals surface area contributed by atoms with E-state index in [1.54, 1.807) is 0 Å². The second kappa shape index (κ2) is 4.77. The molecule has 0 aromatic rings. The Balaban J connectivity index is 1.64. The van der Waals surface area contributed by atoms with Crippen LogP contribution >= 0.6 is 0 Å². The molecule has 3 aliphatic heterocycles. The summed E-state index contributed by atoms with van der Waals surface area (Å²) < 4.78 is 17.8. The summed E-state index contributed by atoms with van der Waals surface area (Å²) in [6.45, 7) is 9.70. The Bertz CT molecular complexity index is 798. The minimum atomic E-state index is -1.20. The van der Waals surface area contributed by atoms with Crippen LogP contribution in [0.15, 0.2) is 11.5 Å². The number of carbonyl (C=O) groups excluding carboxylic acids is 2. The first-order valence-corrected chi connectivity index (χ1v) is 10.00. The minimum absolute atomic E-state index is 0.0200. The van der Waals surface area contributed by atoms with Crippen molar-refractivity contribution in [2.75, 3.05) is 0 Å². The van der Waals surface area contributed by atoms with E-state index in [0.717, 1.165) is 0 Å². The second-order valence-electron chi connectivity index (χ2n) is 10.1. The molecule has 0 bridgehead atoms. The van der Waals surface area contributed by atoms with Crippen LogP contribution in [0.4, 0.5) is 0 Å². The molecule has 1 saturated heterocycles. The number of epoxide rings is 1. The van der Waals surface area contributed by atoms with Crippen molar-refractivity contribution in [3.05, 3.63) is 11.5 Å². The van der Waals surface area contributed by atoms with Crippen LogP contribution in [0.2, 0.25) is 0 Å². The summed E-state index contributed by atoms with van der Waals surface area (Å²) in [6, 6.07) is 0. The van der Waals surface area contributed by atoms with Crippen molar-refractivity contribution in [1.29, 1.82) is 0 Å². The van der Waals surface area contributed by atoms with Gasteiger partial charge in [0.25, 0.3) is 5.95 Å². The van der Waals surface area contributed by atoms with Crippen LogP contribution in [0.1, 0.15) is 60.3 Å². The number of hydrogen-bond donors (Lipinski definition) is 1. The number of ether oxygens (including phenoxy) is 3. The zero-order chi connectivity index (χ0) is 19.6. The predicted molar refractivity (Wildman–Crippen MR) is 94.5 cm³/mol. The molecule has 3 heterocycles. The molecule has 6 nitrogen and oxygen atoms in total. The minimum Gasteiger partial charge on any atom is -0.462 e. The molecule has 3 fully saturated rings. The molecule has 2 aliphatic carbocycles. The summed E-state index contributed by atoms with van der Waals surface area (Å²) in [5.41, 5.74) is -2.91. The van der Waals surface area contributed by atoms with Gasteiger partial charge in [-0.25, -0.2) is 0 Å². The molecular weight excluding hydrogens is 348 g/mol. The Kier molecular flexibility index (Phi) is 3.12. The maximum absolute atomic E-state index is 13.4. The highest BCUT2D eigenvalue weighted by atomic mass is 16.7. The van der Waals surface area contributed by atoms with Crippen molar-refractivity contribution >= 4 is 11.6 Å². The highest BCUT2D eigenvalue weighted by molar-refractivity contribution is 5.98. The van der Waals surface area contributed by atoms with E-state index in [1.807, 2.05) is 34.6 Å². The molecule has 0 radical (unpaired) electrons. The van der Waals surface area contributed by atoms with E-state index >= 15 is 0 Å². The number of ketones is 2. The first kappa shape index (κ1) is 17.7. The van der Waals surface area contributed by atoms with E-state index in [2.05, 4.69) is 0 Å². The smallest absolute Gasteiger partial charge is 0.286 e. The molecule has 5 aliphatic rings. The molecule has 7 unspecified atom stereocenters. The third kappa shape index (κ3) is 1.84. The molecule has 0 aromatic heterocycles. The molecular formula is C21H28O6. The van der Waals surface area contributed by atoms with Crippen LogP contribution in [-0.2, 0) is 23.8 Å². The second-order valence-corrected chi connectivity index (χ2v) is 10.1. The van der Waals surface area contributed by atoms with Gasteiger partial charge in [-0.1, -0.05) is 13.8 Å². The number of Topliss-reactive ketones (excluding diaryl/α,β-unsaturated/α-hetero) is 2. The fourth-order valence-corrected chi connectivity index (χ4v) is 6.55. The molecule has 7 atom stereocenters. The molecule has 148 valence electrons. The van der Waals surface area contributed by atoms with Crippen molar-refractivity contribution in [1.82, 2.24) is 0 Å². The lowest BCUT2D eigenvalue weighted by Gasteiger charge is -2.65. The Morgan fingerprint density at radius 2 is 1.78 bits per heavy atom. The Hall–Kier alpha value is -1.40. The maximum Gasteiger partial charge on any atom is 0.286 e. The molecule has 5 rings (SSSR count). The largest absolute Gasteiger partial charge is 0.462 e. The highest BCUT2D eigenvalue weighted by Crippen LogP contribution is 2.69. The number of carbonyl (C=O) groups is 2. The van der Waals surface area contributed by atoms with Gasteiger partial charge in [-0.3, -0.25) is 9.59 Å². The van der Waals surface area contributed by atoms with Crippen LogP contribution in [0, 0.1) is 16.7 Å². The zero-order valence-corrected chi connectivity index (χ0v) is 16.6. The average molecular weight is 376 g/mol. The standard InChI is InChI=1S/C21H28O6/c1-10-8-12(22)11-9-13-19(4,27-17(11)25-10)6-7-21(24)18(2,3)16-14(26-16)15(23)20(13,21)5/h10,13-14,16,24H,6-9H2,1-5H3. The first-order chi connectivity index (χ1) is 12.5. The van der Waals surface area contributed by atoms with Gasteiger partial charge in [0.2, 0.25) is 0 Å².